The molecule has 0 spiro atoms. The Morgan fingerprint density at radius 1 is 1.38 bits per heavy atom. The Balaban J connectivity index is 2.34. The second kappa shape index (κ2) is 4.32. The largest absolute Gasteiger partial charge is 0.381 e. The van der Waals surface area contributed by atoms with E-state index in [0.29, 0.717) is 10.8 Å². The first-order chi connectivity index (χ1) is 7.66. The van der Waals surface area contributed by atoms with Gasteiger partial charge in [0.05, 0.1) is 0 Å². The zero-order valence-electron chi connectivity index (χ0n) is 8.73. The van der Waals surface area contributed by atoms with Crippen molar-refractivity contribution in [2.75, 3.05) is 11.1 Å². The van der Waals surface area contributed by atoms with Gasteiger partial charge in [0.25, 0.3) is 0 Å². The van der Waals surface area contributed by atoms with Crippen molar-refractivity contribution in [3.63, 3.8) is 0 Å². The lowest BCUT2D eigenvalue weighted by Crippen LogP contribution is -2.05. The van der Waals surface area contributed by atoms with Gasteiger partial charge in [0.15, 0.2) is 5.82 Å². The molecule has 2 aromatic rings. The molecule has 0 radical (unpaired) electrons. The minimum atomic E-state index is -0.144. The summed E-state index contributed by atoms with van der Waals surface area (Å²) >= 11 is 1.37. The molecule has 0 bridgehead atoms. The van der Waals surface area contributed by atoms with E-state index in [1.165, 1.54) is 18.3 Å². The minimum Gasteiger partial charge on any atom is -0.381 e. The molecule has 0 atom stereocenters. The van der Waals surface area contributed by atoms with Gasteiger partial charge in [-0.05, 0) is 0 Å². The van der Waals surface area contributed by atoms with Gasteiger partial charge in [-0.2, -0.15) is 0 Å². The Bertz CT molecular complexity index is 507. The first-order valence-corrected chi connectivity index (χ1v) is 5.58. The lowest BCUT2D eigenvalue weighted by atomic mass is 10.2. The third-order valence-electron chi connectivity index (χ3n) is 1.96. The molecule has 0 saturated heterocycles. The number of amides is 1. The quantitative estimate of drug-likeness (QED) is 0.836. The fourth-order valence-electron chi connectivity index (χ4n) is 1.29. The Kier molecular flexibility index (Phi) is 2.87. The summed E-state index contributed by atoms with van der Waals surface area (Å²) in [5.41, 5.74) is 6.71. The molecular formula is C11H11N3OS. The Morgan fingerprint density at radius 3 is 2.69 bits per heavy atom. The van der Waals surface area contributed by atoms with Crippen LogP contribution >= 0.6 is 11.3 Å². The van der Waals surface area contributed by atoms with Crippen molar-refractivity contribution in [1.82, 2.24) is 4.98 Å². The molecule has 0 aliphatic carbocycles. The summed E-state index contributed by atoms with van der Waals surface area (Å²) in [5.74, 6) is 0.217. The molecule has 0 aliphatic heterocycles. The van der Waals surface area contributed by atoms with Crippen molar-refractivity contribution in [3.05, 3.63) is 30.3 Å². The van der Waals surface area contributed by atoms with Crippen LogP contribution in [0.15, 0.2) is 30.3 Å². The number of carbonyl (C=O) groups is 1. The number of carbonyl (C=O) groups excluding carboxylic acids is 1. The number of rotatable bonds is 2. The van der Waals surface area contributed by atoms with E-state index in [4.69, 9.17) is 5.73 Å². The number of benzene rings is 1. The molecule has 3 N–H and O–H groups in total. The van der Waals surface area contributed by atoms with E-state index >= 15 is 0 Å². The van der Waals surface area contributed by atoms with Crippen LogP contribution in [0.4, 0.5) is 10.8 Å². The molecular weight excluding hydrogens is 222 g/mol. The monoisotopic (exact) mass is 233 g/mol. The summed E-state index contributed by atoms with van der Waals surface area (Å²) in [6, 6.07) is 9.72. The number of nitrogens with one attached hydrogen (secondary N) is 1. The molecule has 0 aliphatic rings. The van der Waals surface area contributed by atoms with Crippen molar-refractivity contribution in [2.45, 2.75) is 6.92 Å². The highest BCUT2D eigenvalue weighted by Gasteiger charge is 2.10. The second-order valence-electron chi connectivity index (χ2n) is 3.28. The van der Waals surface area contributed by atoms with E-state index in [1.807, 2.05) is 30.3 Å². The number of anilines is 2. The second-order valence-corrected chi connectivity index (χ2v) is 4.28. The van der Waals surface area contributed by atoms with Crippen molar-refractivity contribution < 1.29 is 4.79 Å². The Hall–Kier alpha value is -1.88. The van der Waals surface area contributed by atoms with Crippen molar-refractivity contribution in [1.29, 1.82) is 0 Å². The SMILES string of the molecule is CC(=O)Nc1sc(-c2ccccc2)nc1N. The molecule has 0 saturated carbocycles. The van der Waals surface area contributed by atoms with Crippen molar-refractivity contribution in [3.8, 4) is 10.6 Å². The van der Waals surface area contributed by atoms with Crippen LogP contribution < -0.4 is 11.1 Å². The molecule has 0 unspecified atom stereocenters. The molecule has 1 aromatic carbocycles. The van der Waals surface area contributed by atoms with Gasteiger partial charge in [-0.25, -0.2) is 4.98 Å². The zero-order valence-corrected chi connectivity index (χ0v) is 9.54. The molecule has 0 fully saturated rings. The molecule has 16 heavy (non-hydrogen) atoms. The fraction of sp³-hybridized carbons (Fsp3) is 0.0909. The van der Waals surface area contributed by atoms with Crippen LogP contribution in [0.2, 0.25) is 0 Å². The van der Waals surface area contributed by atoms with Gasteiger partial charge in [0, 0.05) is 12.5 Å². The van der Waals surface area contributed by atoms with Gasteiger partial charge >= 0.3 is 0 Å². The number of hydrogen-bond acceptors (Lipinski definition) is 4. The minimum absolute atomic E-state index is 0.144. The van der Waals surface area contributed by atoms with Gasteiger partial charge in [0.1, 0.15) is 10.0 Å². The summed E-state index contributed by atoms with van der Waals surface area (Å²) in [4.78, 5) is 15.1. The van der Waals surface area contributed by atoms with Crippen LogP contribution in [0, 0.1) is 0 Å². The number of nitrogens with two attached hydrogens (primary N) is 1. The first kappa shape index (κ1) is 10.6. The third-order valence-corrected chi connectivity index (χ3v) is 3.00. The van der Waals surface area contributed by atoms with E-state index in [0.717, 1.165) is 10.6 Å². The van der Waals surface area contributed by atoms with Gasteiger partial charge in [-0.15, -0.1) is 0 Å². The molecule has 2 rings (SSSR count). The maximum atomic E-state index is 10.9. The lowest BCUT2D eigenvalue weighted by molar-refractivity contribution is -0.114. The topological polar surface area (TPSA) is 68.0 Å². The molecule has 1 heterocycles. The summed E-state index contributed by atoms with van der Waals surface area (Å²) in [6.07, 6.45) is 0. The molecule has 4 nitrogen and oxygen atoms in total. The van der Waals surface area contributed by atoms with Crippen LogP contribution in [0.25, 0.3) is 10.6 Å². The van der Waals surface area contributed by atoms with Crippen molar-refractivity contribution >= 4 is 28.1 Å². The molecule has 1 aromatic heterocycles. The highest BCUT2D eigenvalue weighted by Crippen LogP contribution is 2.33. The maximum absolute atomic E-state index is 10.9. The van der Waals surface area contributed by atoms with Crippen LogP contribution in [0.1, 0.15) is 6.92 Å². The predicted octanol–water partition coefficient (Wildman–Crippen LogP) is 2.35. The number of nitrogen functional groups attached to an aromatic ring is 1. The van der Waals surface area contributed by atoms with Gasteiger partial charge < -0.3 is 11.1 Å². The van der Waals surface area contributed by atoms with E-state index in [9.17, 15) is 4.79 Å². The van der Waals surface area contributed by atoms with Crippen LogP contribution in [0.3, 0.4) is 0 Å². The van der Waals surface area contributed by atoms with Crippen molar-refractivity contribution in [2.24, 2.45) is 0 Å². The van der Waals surface area contributed by atoms with E-state index < -0.39 is 0 Å². The lowest BCUT2D eigenvalue weighted by Gasteiger charge is -1.95. The number of nitrogens with zero attached hydrogens (tertiary/aromatic N) is 1. The summed E-state index contributed by atoms with van der Waals surface area (Å²) in [7, 11) is 0. The summed E-state index contributed by atoms with van der Waals surface area (Å²) in [6.45, 7) is 1.45. The highest BCUT2D eigenvalue weighted by atomic mass is 32.1. The Morgan fingerprint density at radius 2 is 2.06 bits per heavy atom. The standard InChI is InChI=1S/C11H11N3OS/c1-7(15)13-11-9(12)14-10(16-11)8-5-3-2-4-6-8/h2-6H,12H2,1H3,(H,13,15). The summed E-state index contributed by atoms with van der Waals surface area (Å²) in [5, 5.41) is 4.07. The summed E-state index contributed by atoms with van der Waals surface area (Å²) < 4.78 is 0. The van der Waals surface area contributed by atoms with Gasteiger partial charge in [-0.1, -0.05) is 41.7 Å². The zero-order chi connectivity index (χ0) is 11.5. The van der Waals surface area contributed by atoms with E-state index in [2.05, 4.69) is 10.3 Å². The van der Waals surface area contributed by atoms with Gasteiger partial charge in [0.2, 0.25) is 5.91 Å². The maximum Gasteiger partial charge on any atom is 0.221 e. The van der Waals surface area contributed by atoms with Gasteiger partial charge in [-0.3, -0.25) is 4.79 Å². The van der Waals surface area contributed by atoms with Crippen LogP contribution in [-0.2, 0) is 4.79 Å². The first-order valence-electron chi connectivity index (χ1n) is 4.76. The van der Waals surface area contributed by atoms with E-state index in [1.54, 1.807) is 0 Å². The van der Waals surface area contributed by atoms with Crippen LogP contribution in [-0.4, -0.2) is 10.9 Å². The van der Waals surface area contributed by atoms with Crippen LogP contribution in [0.5, 0.6) is 0 Å². The number of aromatic nitrogens is 1. The number of thiazole rings is 1. The smallest absolute Gasteiger partial charge is 0.221 e. The highest BCUT2D eigenvalue weighted by molar-refractivity contribution is 7.19. The Labute approximate surface area is 97.1 Å². The third kappa shape index (κ3) is 2.20. The molecule has 82 valence electrons. The molecule has 1 amide bonds. The normalized spacial score (nSPS) is 10.1. The number of hydrogen-bond donors (Lipinski definition) is 2. The average Bonchev–Trinajstić information content (AvgIpc) is 2.61. The predicted molar refractivity (Wildman–Crippen MR) is 66.3 cm³/mol. The fourth-order valence-corrected chi connectivity index (χ4v) is 2.22. The average molecular weight is 233 g/mol. The van der Waals surface area contributed by atoms with E-state index in [-0.39, 0.29) is 5.91 Å². The molecule has 5 heteroatoms.